The second-order valence-electron chi connectivity index (χ2n) is 8.10. The van der Waals surface area contributed by atoms with Gasteiger partial charge in [0, 0.05) is 18.5 Å². The zero-order chi connectivity index (χ0) is 18.5. The van der Waals surface area contributed by atoms with Crippen LogP contribution in [0.15, 0.2) is 24.3 Å². The molecule has 2 heterocycles. The maximum atomic E-state index is 12.5. The second-order valence-corrected chi connectivity index (χ2v) is 8.44. The molecule has 2 fully saturated rings. The number of para-hydroxylation sites is 1. The Morgan fingerprint density at radius 2 is 2.12 bits per heavy atom. The molecule has 2 aliphatic rings. The highest BCUT2D eigenvalue weighted by atomic mass is 35.5. The van der Waals surface area contributed by atoms with E-state index >= 15 is 0 Å². The van der Waals surface area contributed by atoms with E-state index in [9.17, 15) is 4.79 Å². The molecule has 1 amide bonds. The van der Waals surface area contributed by atoms with Crippen molar-refractivity contribution in [3.63, 3.8) is 0 Å². The first kappa shape index (κ1) is 17.3. The van der Waals surface area contributed by atoms with E-state index in [1.165, 1.54) is 6.42 Å². The van der Waals surface area contributed by atoms with Gasteiger partial charge in [0.05, 0.1) is 11.6 Å². The summed E-state index contributed by atoms with van der Waals surface area (Å²) in [6.45, 7) is 7.08. The van der Waals surface area contributed by atoms with Gasteiger partial charge in [-0.3, -0.25) is 0 Å². The summed E-state index contributed by atoms with van der Waals surface area (Å²) in [5.41, 5.74) is 0.313. The minimum absolute atomic E-state index is 0.113. The molecule has 1 aliphatic carbocycles. The van der Waals surface area contributed by atoms with E-state index in [4.69, 9.17) is 16.3 Å². The average Bonchev–Trinajstić information content (AvgIpc) is 3.23. The van der Waals surface area contributed by atoms with Crippen molar-refractivity contribution in [1.29, 1.82) is 0 Å². The summed E-state index contributed by atoms with van der Waals surface area (Å²) in [6.07, 6.45) is 0.943. The summed E-state index contributed by atoms with van der Waals surface area (Å²) in [5.74, 6) is 1.84. The van der Waals surface area contributed by atoms with Gasteiger partial charge in [-0.1, -0.05) is 12.1 Å². The first-order chi connectivity index (χ1) is 12.3. The molecule has 1 aromatic carbocycles. The normalized spacial score (nSPS) is 24.5. The van der Waals surface area contributed by atoms with Crippen LogP contribution in [0, 0.1) is 11.8 Å². The molecule has 2 aromatic rings. The van der Waals surface area contributed by atoms with E-state index in [0.717, 1.165) is 17.4 Å². The highest BCUT2D eigenvalue weighted by molar-refractivity contribution is 6.28. The highest BCUT2D eigenvalue weighted by Gasteiger charge is 2.54. The standard InChI is InChI=1S/C19H23ClN4O2/c1-19(2,3)26-18(25)24-10-11-8-13(11)15(24)9-21-16-12-6-4-5-7-14(12)22-17(20)23-16/h4-7,11,13,15H,8-10H2,1-3H3,(H,21,22,23). The number of hydrogen-bond donors (Lipinski definition) is 1. The molecule has 1 aromatic heterocycles. The first-order valence-electron chi connectivity index (χ1n) is 8.97. The Kier molecular flexibility index (Phi) is 4.18. The van der Waals surface area contributed by atoms with Crippen LogP contribution >= 0.6 is 11.6 Å². The number of amides is 1. The van der Waals surface area contributed by atoms with Crippen LogP contribution in [0.4, 0.5) is 10.6 Å². The van der Waals surface area contributed by atoms with Gasteiger partial charge in [0.15, 0.2) is 0 Å². The minimum atomic E-state index is -0.488. The van der Waals surface area contributed by atoms with Crippen molar-refractivity contribution >= 4 is 34.4 Å². The maximum absolute atomic E-state index is 12.5. The summed E-state index contributed by atoms with van der Waals surface area (Å²) in [4.78, 5) is 23.0. The zero-order valence-electron chi connectivity index (χ0n) is 15.2. The fraction of sp³-hybridized carbons (Fsp3) is 0.526. The highest BCUT2D eigenvalue weighted by Crippen LogP contribution is 2.49. The largest absolute Gasteiger partial charge is 0.444 e. The van der Waals surface area contributed by atoms with Crippen molar-refractivity contribution in [3.8, 4) is 0 Å². The number of hydrogen-bond acceptors (Lipinski definition) is 5. The third kappa shape index (κ3) is 3.43. The van der Waals surface area contributed by atoms with E-state index in [0.29, 0.717) is 24.2 Å². The molecule has 0 radical (unpaired) electrons. The van der Waals surface area contributed by atoms with Gasteiger partial charge in [-0.05, 0) is 62.8 Å². The number of piperidine rings is 1. The van der Waals surface area contributed by atoms with Gasteiger partial charge in [0.1, 0.15) is 11.4 Å². The van der Waals surface area contributed by atoms with Crippen molar-refractivity contribution in [2.24, 2.45) is 11.8 Å². The predicted octanol–water partition coefficient (Wildman–Crippen LogP) is 3.95. The SMILES string of the molecule is CC(C)(C)OC(=O)N1CC2CC2C1CNc1nc(Cl)nc2ccccc12. The van der Waals surface area contributed by atoms with Gasteiger partial charge in [0.2, 0.25) is 5.28 Å². The number of nitrogens with zero attached hydrogens (tertiary/aromatic N) is 3. The lowest BCUT2D eigenvalue weighted by Gasteiger charge is -2.30. The van der Waals surface area contributed by atoms with Crippen molar-refractivity contribution in [3.05, 3.63) is 29.5 Å². The molecule has 26 heavy (non-hydrogen) atoms. The third-order valence-corrected chi connectivity index (χ3v) is 5.15. The van der Waals surface area contributed by atoms with Gasteiger partial charge in [-0.25, -0.2) is 14.8 Å². The average molecular weight is 375 g/mol. The van der Waals surface area contributed by atoms with E-state index in [1.54, 1.807) is 0 Å². The number of anilines is 1. The van der Waals surface area contributed by atoms with E-state index in [2.05, 4.69) is 15.3 Å². The van der Waals surface area contributed by atoms with Crippen LogP contribution < -0.4 is 5.32 Å². The van der Waals surface area contributed by atoms with Gasteiger partial charge >= 0.3 is 6.09 Å². The number of ether oxygens (including phenoxy) is 1. The quantitative estimate of drug-likeness (QED) is 0.824. The number of nitrogens with one attached hydrogen (secondary N) is 1. The summed E-state index contributed by atoms with van der Waals surface area (Å²) >= 11 is 6.06. The summed E-state index contributed by atoms with van der Waals surface area (Å²) in [6, 6.07) is 7.86. The Morgan fingerprint density at radius 1 is 1.35 bits per heavy atom. The lowest BCUT2D eigenvalue weighted by atomic mass is 10.1. The lowest BCUT2D eigenvalue weighted by molar-refractivity contribution is 0.0203. The molecule has 138 valence electrons. The topological polar surface area (TPSA) is 67.3 Å². The van der Waals surface area contributed by atoms with Gasteiger partial charge < -0.3 is 15.0 Å². The fourth-order valence-corrected chi connectivity index (χ4v) is 3.92. The third-order valence-electron chi connectivity index (χ3n) is 4.99. The molecular formula is C19H23ClN4O2. The lowest BCUT2D eigenvalue weighted by Crippen LogP contribution is -2.45. The number of carbonyl (C=O) groups excluding carboxylic acids is 1. The Hall–Kier alpha value is -2.08. The number of fused-ring (bicyclic) bond motifs is 2. The van der Waals surface area contributed by atoms with Crippen molar-refractivity contribution in [1.82, 2.24) is 14.9 Å². The molecular weight excluding hydrogens is 352 g/mol. The fourth-order valence-electron chi connectivity index (χ4n) is 3.75. The molecule has 1 N–H and O–H groups in total. The number of halogens is 1. The van der Waals surface area contributed by atoms with Gasteiger partial charge in [-0.2, -0.15) is 0 Å². The Bertz CT molecular complexity index is 851. The molecule has 3 unspecified atom stereocenters. The number of benzene rings is 1. The van der Waals surface area contributed by atoms with Crippen LogP contribution in [0.2, 0.25) is 5.28 Å². The van der Waals surface area contributed by atoms with Crippen LogP contribution in [0.25, 0.3) is 10.9 Å². The monoisotopic (exact) mass is 374 g/mol. The number of aromatic nitrogens is 2. The van der Waals surface area contributed by atoms with E-state index in [-0.39, 0.29) is 17.4 Å². The van der Waals surface area contributed by atoms with E-state index < -0.39 is 5.60 Å². The minimum Gasteiger partial charge on any atom is -0.444 e. The molecule has 3 atom stereocenters. The first-order valence-corrected chi connectivity index (χ1v) is 9.35. The van der Waals surface area contributed by atoms with Crippen molar-refractivity contribution in [2.75, 3.05) is 18.4 Å². The zero-order valence-corrected chi connectivity index (χ0v) is 16.0. The molecule has 4 rings (SSSR count). The van der Waals surface area contributed by atoms with Crippen LogP contribution in [0.1, 0.15) is 27.2 Å². The van der Waals surface area contributed by atoms with Crippen molar-refractivity contribution < 1.29 is 9.53 Å². The number of carbonyl (C=O) groups is 1. The molecule has 1 aliphatic heterocycles. The van der Waals surface area contributed by atoms with Crippen LogP contribution in [-0.4, -0.2) is 45.7 Å². The van der Waals surface area contributed by atoms with Crippen molar-refractivity contribution in [2.45, 2.75) is 38.8 Å². The van der Waals surface area contributed by atoms with Gasteiger partial charge in [-0.15, -0.1) is 0 Å². The Morgan fingerprint density at radius 3 is 2.88 bits per heavy atom. The molecule has 0 bridgehead atoms. The summed E-state index contributed by atoms with van der Waals surface area (Å²) < 4.78 is 5.57. The molecule has 7 heteroatoms. The second kappa shape index (κ2) is 6.27. The Labute approximate surface area is 157 Å². The van der Waals surface area contributed by atoms with E-state index in [1.807, 2.05) is 49.9 Å². The summed E-state index contributed by atoms with van der Waals surface area (Å²) in [5, 5.41) is 4.53. The molecule has 1 saturated carbocycles. The maximum Gasteiger partial charge on any atom is 0.410 e. The molecule has 0 spiro atoms. The van der Waals surface area contributed by atoms with Crippen LogP contribution in [0.3, 0.4) is 0 Å². The number of likely N-dealkylation sites (tertiary alicyclic amines) is 1. The van der Waals surface area contributed by atoms with Gasteiger partial charge in [0.25, 0.3) is 0 Å². The smallest absolute Gasteiger partial charge is 0.410 e. The molecule has 1 saturated heterocycles. The van der Waals surface area contributed by atoms with Crippen LogP contribution in [-0.2, 0) is 4.74 Å². The Balaban J connectivity index is 1.51. The molecule has 6 nitrogen and oxygen atoms in total. The predicted molar refractivity (Wildman–Crippen MR) is 101 cm³/mol. The van der Waals surface area contributed by atoms with Crippen LogP contribution in [0.5, 0.6) is 0 Å². The summed E-state index contributed by atoms with van der Waals surface area (Å²) in [7, 11) is 0. The number of rotatable bonds is 3.